The molecule has 0 saturated heterocycles. The average Bonchev–Trinajstić information content (AvgIpc) is 2.54. The van der Waals surface area contributed by atoms with Crippen molar-refractivity contribution in [3.05, 3.63) is 76.9 Å². The first kappa shape index (κ1) is 18.4. The lowest BCUT2D eigenvalue weighted by Crippen LogP contribution is -2.40. The number of aliphatic hydroxyl groups is 1. The summed E-state index contributed by atoms with van der Waals surface area (Å²) in [4.78, 5) is 2.13. The van der Waals surface area contributed by atoms with E-state index in [1.54, 1.807) is 0 Å². The van der Waals surface area contributed by atoms with Crippen LogP contribution in [0.15, 0.2) is 60.2 Å². The van der Waals surface area contributed by atoms with Crippen molar-refractivity contribution in [1.29, 1.82) is 0 Å². The van der Waals surface area contributed by atoms with Crippen LogP contribution in [0.5, 0.6) is 0 Å². The minimum Gasteiger partial charge on any atom is -0.380 e. The summed E-state index contributed by atoms with van der Waals surface area (Å²) in [5.41, 5.74) is 3.19. The Morgan fingerprint density at radius 3 is 2.25 bits per heavy atom. The normalized spacial score (nSPS) is 16.0. The fraction of sp³-hybridized carbons (Fsp3) is 0.364. The van der Waals surface area contributed by atoms with Gasteiger partial charge in [-0.05, 0) is 50.2 Å². The lowest BCUT2D eigenvalue weighted by atomic mass is 9.74. The highest BCUT2D eigenvalue weighted by atomic mass is 16.3. The van der Waals surface area contributed by atoms with Crippen molar-refractivity contribution in [2.45, 2.75) is 26.4 Å². The third-order valence-corrected chi connectivity index (χ3v) is 4.69. The van der Waals surface area contributed by atoms with Gasteiger partial charge in [-0.2, -0.15) is 0 Å². The van der Waals surface area contributed by atoms with Gasteiger partial charge < -0.3 is 10.0 Å². The Morgan fingerprint density at radius 1 is 1.08 bits per heavy atom. The average molecular weight is 323 g/mol. The quantitative estimate of drug-likeness (QED) is 0.847. The molecule has 0 aliphatic carbocycles. The van der Waals surface area contributed by atoms with Crippen molar-refractivity contribution in [3.63, 3.8) is 0 Å². The van der Waals surface area contributed by atoms with E-state index < -0.39 is 5.60 Å². The fourth-order valence-electron chi connectivity index (χ4n) is 3.46. The van der Waals surface area contributed by atoms with E-state index in [2.05, 4.69) is 43.0 Å². The summed E-state index contributed by atoms with van der Waals surface area (Å²) >= 11 is 0. The summed E-state index contributed by atoms with van der Waals surface area (Å²) in [7, 11) is 4.09. The lowest BCUT2D eigenvalue weighted by Gasteiger charge is -2.38. The SMILES string of the molecule is CC(=Cc1ccccc1)C(O)(c1ccccc1C)C(C)CN(C)C. The van der Waals surface area contributed by atoms with Gasteiger partial charge in [0.25, 0.3) is 0 Å². The van der Waals surface area contributed by atoms with E-state index in [0.717, 1.165) is 28.8 Å². The Hall–Kier alpha value is -1.90. The molecule has 0 radical (unpaired) electrons. The predicted molar refractivity (Wildman–Crippen MR) is 103 cm³/mol. The molecule has 2 aromatic carbocycles. The van der Waals surface area contributed by atoms with Crippen LogP contribution in [0, 0.1) is 12.8 Å². The lowest BCUT2D eigenvalue weighted by molar-refractivity contribution is 0.00998. The zero-order chi connectivity index (χ0) is 17.7. The van der Waals surface area contributed by atoms with Crippen LogP contribution in [-0.2, 0) is 5.60 Å². The van der Waals surface area contributed by atoms with Crippen molar-refractivity contribution < 1.29 is 5.11 Å². The Balaban J connectivity index is 2.54. The summed E-state index contributed by atoms with van der Waals surface area (Å²) in [6.45, 7) is 7.03. The molecule has 2 atom stereocenters. The highest BCUT2D eigenvalue weighted by Crippen LogP contribution is 2.39. The van der Waals surface area contributed by atoms with E-state index in [9.17, 15) is 5.11 Å². The Labute approximate surface area is 146 Å². The molecule has 0 spiro atoms. The van der Waals surface area contributed by atoms with Crippen LogP contribution in [0.2, 0.25) is 0 Å². The molecule has 128 valence electrons. The molecule has 0 saturated carbocycles. The summed E-state index contributed by atoms with van der Waals surface area (Å²) in [6.07, 6.45) is 2.10. The molecule has 2 rings (SSSR count). The van der Waals surface area contributed by atoms with Gasteiger partial charge in [0.2, 0.25) is 0 Å². The number of aryl methyl sites for hydroxylation is 1. The van der Waals surface area contributed by atoms with E-state index in [-0.39, 0.29) is 5.92 Å². The van der Waals surface area contributed by atoms with Crippen LogP contribution in [0.25, 0.3) is 6.08 Å². The minimum atomic E-state index is -0.995. The van der Waals surface area contributed by atoms with E-state index in [1.807, 2.05) is 57.4 Å². The van der Waals surface area contributed by atoms with Crippen molar-refractivity contribution >= 4 is 6.08 Å². The second kappa shape index (κ2) is 7.78. The highest BCUT2D eigenvalue weighted by Gasteiger charge is 2.38. The molecule has 24 heavy (non-hydrogen) atoms. The second-order valence-electron chi connectivity index (χ2n) is 6.98. The van der Waals surface area contributed by atoms with Crippen molar-refractivity contribution in [3.8, 4) is 0 Å². The van der Waals surface area contributed by atoms with Crippen LogP contribution < -0.4 is 0 Å². The molecule has 0 aliphatic rings. The molecule has 2 nitrogen and oxygen atoms in total. The summed E-state index contributed by atoms with van der Waals surface area (Å²) in [5, 5.41) is 11.8. The van der Waals surface area contributed by atoms with Crippen LogP contribution in [-0.4, -0.2) is 30.6 Å². The van der Waals surface area contributed by atoms with E-state index in [0.29, 0.717) is 0 Å². The van der Waals surface area contributed by atoms with Gasteiger partial charge in [0, 0.05) is 12.5 Å². The predicted octanol–water partition coefficient (Wildman–Crippen LogP) is 4.48. The van der Waals surface area contributed by atoms with E-state index in [1.165, 1.54) is 0 Å². The molecule has 0 fully saturated rings. The van der Waals surface area contributed by atoms with Gasteiger partial charge in [0.15, 0.2) is 0 Å². The van der Waals surface area contributed by atoms with Gasteiger partial charge in [0.05, 0.1) is 0 Å². The zero-order valence-electron chi connectivity index (χ0n) is 15.5. The summed E-state index contributed by atoms with van der Waals surface area (Å²) in [5.74, 6) is 0.0635. The molecule has 0 bridgehead atoms. The standard InChI is InChI=1S/C22H29NO/c1-17-11-9-10-14-21(17)22(24,19(3)16-23(4)5)18(2)15-20-12-7-6-8-13-20/h6-15,19,24H,16H2,1-5H3. The van der Waals surface area contributed by atoms with Crippen molar-refractivity contribution in [2.24, 2.45) is 5.92 Å². The fourth-order valence-corrected chi connectivity index (χ4v) is 3.46. The van der Waals surface area contributed by atoms with E-state index in [4.69, 9.17) is 0 Å². The van der Waals surface area contributed by atoms with Crippen LogP contribution in [0.4, 0.5) is 0 Å². The maximum Gasteiger partial charge on any atom is 0.115 e. The molecule has 0 heterocycles. The van der Waals surface area contributed by atoms with Gasteiger partial charge >= 0.3 is 0 Å². The first-order valence-electron chi connectivity index (χ1n) is 8.52. The van der Waals surface area contributed by atoms with Crippen LogP contribution >= 0.6 is 0 Å². The maximum atomic E-state index is 11.8. The number of nitrogens with zero attached hydrogens (tertiary/aromatic N) is 1. The number of benzene rings is 2. The monoisotopic (exact) mass is 323 g/mol. The third-order valence-electron chi connectivity index (χ3n) is 4.69. The minimum absolute atomic E-state index is 0.0635. The zero-order valence-corrected chi connectivity index (χ0v) is 15.5. The molecular weight excluding hydrogens is 294 g/mol. The smallest absolute Gasteiger partial charge is 0.115 e. The molecule has 0 amide bonds. The Bertz CT molecular complexity index is 690. The Kier molecular flexibility index (Phi) is 5.98. The molecular formula is C22H29NO. The van der Waals surface area contributed by atoms with Gasteiger partial charge in [-0.1, -0.05) is 67.6 Å². The summed E-state index contributed by atoms with van der Waals surface area (Å²) < 4.78 is 0. The molecule has 2 aromatic rings. The van der Waals surface area contributed by atoms with Crippen molar-refractivity contribution in [2.75, 3.05) is 20.6 Å². The molecule has 0 aromatic heterocycles. The van der Waals surface area contributed by atoms with Gasteiger partial charge in [-0.15, -0.1) is 0 Å². The van der Waals surface area contributed by atoms with Crippen LogP contribution in [0.1, 0.15) is 30.5 Å². The molecule has 2 unspecified atom stereocenters. The van der Waals surface area contributed by atoms with Gasteiger partial charge in [0.1, 0.15) is 5.60 Å². The summed E-state index contributed by atoms with van der Waals surface area (Å²) in [6, 6.07) is 18.3. The first-order chi connectivity index (χ1) is 11.4. The molecule has 0 aliphatic heterocycles. The molecule has 2 heteroatoms. The number of hydrogen-bond donors (Lipinski definition) is 1. The molecule has 1 N–H and O–H groups in total. The van der Waals surface area contributed by atoms with Gasteiger partial charge in [-0.3, -0.25) is 0 Å². The van der Waals surface area contributed by atoms with Crippen LogP contribution in [0.3, 0.4) is 0 Å². The Morgan fingerprint density at radius 2 is 1.67 bits per heavy atom. The van der Waals surface area contributed by atoms with Gasteiger partial charge in [-0.25, -0.2) is 0 Å². The topological polar surface area (TPSA) is 23.5 Å². The largest absolute Gasteiger partial charge is 0.380 e. The second-order valence-corrected chi connectivity index (χ2v) is 6.98. The number of rotatable bonds is 6. The highest BCUT2D eigenvalue weighted by molar-refractivity contribution is 5.56. The van der Waals surface area contributed by atoms with Crippen molar-refractivity contribution in [1.82, 2.24) is 4.90 Å². The first-order valence-corrected chi connectivity index (χ1v) is 8.52. The number of hydrogen-bond acceptors (Lipinski definition) is 2. The van der Waals surface area contributed by atoms with E-state index >= 15 is 0 Å². The third kappa shape index (κ3) is 3.95. The maximum absolute atomic E-state index is 11.8.